The predicted octanol–water partition coefficient (Wildman–Crippen LogP) is 2.81. The molecule has 2 aromatic carbocycles. The lowest BCUT2D eigenvalue weighted by Gasteiger charge is -1.99. The highest BCUT2D eigenvalue weighted by atomic mass is 32.1. The predicted molar refractivity (Wildman–Crippen MR) is 90.8 cm³/mol. The first-order valence-corrected chi connectivity index (χ1v) is 7.80. The second kappa shape index (κ2) is 5.23. The van der Waals surface area contributed by atoms with Crippen LogP contribution in [0.2, 0.25) is 0 Å². The molecule has 0 unspecified atom stereocenters. The van der Waals surface area contributed by atoms with E-state index in [2.05, 4.69) is 15.3 Å². The van der Waals surface area contributed by atoms with Gasteiger partial charge in [0, 0.05) is 27.9 Å². The molecule has 1 amide bonds. The molecule has 0 saturated heterocycles. The van der Waals surface area contributed by atoms with E-state index >= 15 is 0 Å². The van der Waals surface area contributed by atoms with Crippen molar-refractivity contribution in [2.75, 3.05) is 5.32 Å². The van der Waals surface area contributed by atoms with Crippen LogP contribution < -0.4 is 10.7 Å². The summed E-state index contributed by atoms with van der Waals surface area (Å²) in [6, 6.07) is 13.7. The van der Waals surface area contributed by atoms with Gasteiger partial charge in [-0.2, -0.15) is 5.26 Å². The third kappa shape index (κ3) is 2.15. The van der Waals surface area contributed by atoms with Crippen LogP contribution in [0.25, 0.3) is 27.2 Å². The zero-order valence-corrected chi connectivity index (χ0v) is 12.6. The topological polar surface area (TPSA) is 81.6 Å². The Hall–Kier alpha value is -3.17. The van der Waals surface area contributed by atoms with E-state index in [-0.39, 0.29) is 5.57 Å². The molecule has 0 radical (unpaired) electrons. The van der Waals surface area contributed by atoms with Crippen molar-refractivity contribution < 1.29 is 4.79 Å². The summed E-state index contributed by atoms with van der Waals surface area (Å²) < 4.78 is 0. The quantitative estimate of drug-likeness (QED) is 0.596. The lowest BCUT2D eigenvalue weighted by molar-refractivity contribution is -0.111. The Bertz CT molecular complexity index is 1110. The number of hydrogen-bond donors (Lipinski definition) is 2. The molecule has 2 heterocycles. The number of H-pyrrole nitrogens is 1. The summed E-state index contributed by atoms with van der Waals surface area (Å²) in [7, 11) is 0. The molecule has 0 bridgehead atoms. The van der Waals surface area contributed by atoms with Gasteiger partial charge in [0.15, 0.2) is 5.13 Å². The van der Waals surface area contributed by atoms with Crippen LogP contribution in [-0.2, 0) is 4.79 Å². The fourth-order valence-electron chi connectivity index (χ4n) is 2.72. The van der Waals surface area contributed by atoms with Gasteiger partial charge in [0.05, 0.1) is 5.35 Å². The maximum atomic E-state index is 12.4. The Morgan fingerprint density at radius 3 is 2.83 bits per heavy atom. The summed E-state index contributed by atoms with van der Waals surface area (Å²) in [5, 5.41) is 17.9. The van der Waals surface area contributed by atoms with E-state index in [0.29, 0.717) is 10.5 Å². The summed E-state index contributed by atoms with van der Waals surface area (Å²) in [6.45, 7) is 0. The summed E-state index contributed by atoms with van der Waals surface area (Å²) in [5.74, 6) is -0.463. The number of nitrogens with one attached hydrogen (secondary N) is 2. The zero-order chi connectivity index (χ0) is 15.8. The van der Waals surface area contributed by atoms with Crippen LogP contribution >= 0.6 is 11.3 Å². The highest BCUT2D eigenvalue weighted by Crippen LogP contribution is 2.23. The van der Waals surface area contributed by atoms with Gasteiger partial charge in [-0.15, -0.1) is 11.3 Å². The van der Waals surface area contributed by atoms with Gasteiger partial charge >= 0.3 is 0 Å². The van der Waals surface area contributed by atoms with Gasteiger partial charge < -0.3 is 4.98 Å². The van der Waals surface area contributed by atoms with Crippen LogP contribution in [0.3, 0.4) is 0 Å². The fourth-order valence-corrected chi connectivity index (χ4v) is 3.24. The zero-order valence-electron chi connectivity index (χ0n) is 11.8. The van der Waals surface area contributed by atoms with E-state index in [1.165, 1.54) is 11.3 Å². The van der Waals surface area contributed by atoms with Crippen molar-refractivity contribution >= 4 is 49.6 Å². The van der Waals surface area contributed by atoms with E-state index in [9.17, 15) is 10.1 Å². The lowest BCUT2D eigenvalue weighted by Crippen LogP contribution is -2.20. The number of anilines is 1. The van der Waals surface area contributed by atoms with Crippen LogP contribution in [0.5, 0.6) is 0 Å². The molecule has 0 spiro atoms. The molecule has 2 aromatic heterocycles. The minimum Gasteiger partial charge on any atom is -0.353 e. The number of carbonyl (C=O) groups is 1. The second-order valence-corrected chi connectivity index (χ2v) is 5.88. The van der Waals surface area contributed by atoms with Crippen molar-refractivity contribution in [2.24, 2.45) is 0 Å². The molecule has 6 heteroatoms. The Balaban J connectivity index is 1.97. The second-order valence-electron chi connectivity index (χ2n) is 4.99. The van der Waals surface area contributed by atoms with Gasteiger partial charge in [-0.05, 0) is 11.5 Å². The third-order valence-electron chi connectivity index (χ3n) is 3.68. The van der Waals surface area contributed by atoms with Crippen molar-refractivity contribution in [3.05, 3.63) is 53.3 Å². The Morgan fingerprint density at radius 1 is 1.26 bits per heavy atom. The number of carbonyl (C=O) groups excluding carboxylic acids is 1. The van der Waals surface area contributed by atoms with E-state index in [0.717, 1.165) is 21.7 Å². The number of hydrogen-bond acceptors (Lipinski definition) is 4. The summed E-state index contributed by atoms with van der Waals surface area (Å²) >= 11 is 1.31. The molecule has 0 fully saturated rings. The summed E-state index contributed by atoms with van der Waals surface area (Å²) in [4.78, 5) is 19.6. The maximum absolute atomic E-state index is 12.4. The first-order chi connectivity index (χ1) is 11.3. The minimum atomic E-state index is -0.463. The first kappa shape index (κ1) is 13.5. The van der Waals surface area contributed by atoms with Gasteiger partial charge in [0.2, 0.25) is 0 Å². The number of rotatable bonds is 2. The average Bonchev–Trinajstić information content (AvgIpc) is 3.19. The number of amides is 1. The highest BCUT2D eigenvalue weighted by molar-refractivity contribution is 7.13. The molecule has 0 aliphatic rings. The van der Waals surface area contributed by atoms with Crippen molar-refractivity contribution in [1.82, 2.24) is 9.97 Å². The standard InChI is InChI=1S/C17H10N4OS/c18-9-12(16(22)21-17-19-7-8-23-17)15-11-5-1-3-10-4-2-6-13(20-15)14(10)11/h1-8,20H,(H,19,21,22). The molecule has 2 N–H and O–H groups in total. The largest absolute Gasteiger partial charge is 0.353 e. The fraction of sp³-hybridized carbons (Fsp3) is 0. The molecule has 4 aromatic rings. The molecule has 0 saturated carbocycles. The first-order valence-electron chi connectivity index (χ1n) is 6.92. The normalized spacial score (nSPS) is 12.3. The monoisotopic (exact) mass is 318 g/mol. The van der Waals surface area contributed by atoms with Gasteiger partial charge in [-0.25, -0.2) is 4.98 Å². The molecule has 110 valence electrons. The lowest BCUT2D eigenvalue weighted by atomic mass is 10.1. The summed E-state index contributed by atoms with van der Waals surface area (Å²) in [6.07, 6.45) is 1.60. The molecule has 0 aliphatic carbocycles. The molecule has 23 heavy (non-hydrogen) atoms. The van der Waals surface area contributed by atoms with E-state index in [1.807, 2.05) is 42.5 Å². The number of nitrogens with zero attached hydrogens (tertiary/aromatic N) is 2. The number of nitriles is 1. The molecular weight excluding hydrogens is 308 g/mol. The number of benzene rings is 2. The Labute approximate surface area is 134 Å². The van der Waals surface area contributed by atoms with Crippen molar-refractivity contribution in [1.29, 1.82) is 5.26 Å². The van der Waals surface area contributed by atoms with Crippen LogP contribution in [0.4, 0.5) is 5.13 Å². The Morgan fingerprint density at radius 2 is 2.09 bits per heavy atom. The minimum absolute atomic E-state index is 0.0453. The van der Waals surface area contributed by atoms with Crippen molar-refractivity contribution in [3.8, 4) is 6.07 Å². The third-order valence-corrected chi connectivity index (χ3v) is 4.36. The summed E-state index contributed by atoms with van der Waals surface area (Å²) in [5.41, 5.74) is 0.951. The van der Waals surface area contributed by atoms with E-state index in [1.54, 1.807) is 11.6 Å². The van der Waals surface area contributed by atoms with Crippen molar-refractivity contribution in [2.45, 2.75) is 0 Å². The van der Waals surface area contributed by atoms with E-state index < -0.39 is 5.91 Å². The Kier molecular flexibility index (Phi) is 3.07. The smallest absolute Gasteiger partial charge is 0.270 e. The van der Waals surface area contributed by atoms with E-state index in [4.69, 9.17) is 0 Å². The van der Waals surface area contributed by atoms with Gasteiger partial charge in [-0.1, -0.05) is 30.3 Å². The van der Waals surface area contributed by atoms with Crippen LogP contribution in [0.1, 0.15) is 0 Å². The molecular formula is C17H10N4OS. The SMILES string of the molecule is N#CC(C(=O)Nc1nccs1)=c1[nH]c2cccc3cccc1c32. The number of aromatic amines is 1. The molecule has 0 atom stereocenters. The van der Waals surface area contributed by atoms with Crippen LogP contribution in [0, 0.1) is 11.3 Å². The van der Waals surface area contributed by atoms with Gasteiger partial charge in [0.25, 0.3) is 5.91 Å². The number of aromatic nitrogens is 2. The molecule has 5 nitrogen and oxygen atoms in total. The van der Waals surface area contributed by atoms with Gasteiger partial charge in [0.1, 0.15) is 11.6 Å². The number of thiazole rings is 1. The molecule has 4 rings (SSSR count). The highest BCUT2D eigenvalue weighted by Gasteiger charge is 2.15. The van der Waals surface area contributed by atoms with Crippen molar-refractivity contribution in [3.63, 3.8) is 0 Å². The maximum Gasteiger partial charge on any atom is 0.270 e. The van der Waals surface area contributed by atoms with Gasteiger partial charge in [-0.3, -0.25) is 10.1 Å². The average molecular weight is 318 g/mol. The molecule has 0 aliphatic heterocycles. The van der Waals surface area contributed by atoms with Crippen LogP contribution in [-0.4, -0.2) is 15.9 Å². The van der Waals surface area contributed by atoms with Crippen LogP contribution in [0.15, 0.2) is 48.0 Å².